The molecular weight excluding hydrogens is 455 g/mol. The first-order valence-corrected chi connectivity index (χ1v) is 9.30. The van der Waals surface area contributed by atoms with Crippen molar-refractivity contribution in [2.75, 3.05) is 26.7 Å². The van der Waals surface area contributed by atoms with Crippen LogP contribution in [0.1, 0.15) is 35.3 Å². The molecule has 1 aromatic carbocycles. The van der Waals surface area contributed by atoms with Gasteiger partial charge in [-0.05, 0) is 24.5 Å². The van der Waals surface area contributed by atoms with E-state index in [0.29, 0.717) is 13.2 Å². The number of aryl methyl sites for hydroxylation is 2. The SMILES string of the molecule is CN=C(NCc1nnc2n1CCC2)N1CCOC(c2ccccc2C)C1.I. The summed E-state index contributed by atoms with van der Waals surface area (Å²) in [6.07, 6.45) is 2.26. The molecule has 2 aliphatic heterocycles. The molecule has 146 valence electrons. The quantitative estimate of drug-likeness (QED) is 0.413. The van der Waals surface area contributed by atoms with Gasteiger partial charge in [-0.25, -0.2) is 0 Å². The zero-order valence-electron chi connectivity index (χ0n) is 15.9. The van der Waals surface area contributed by atoms with Gasteiger partial charge in [-0.15, -0.1) is 34.2 Å². The second-order valence-electron chi connectivity index (χ2n) is 6.85. The molecule has 7 nitrogen and oxygen atoms in total. The molecule has 0 radical (unpaired) electrons. The summed E-state index contributed by atoms with van der Waals surface area (Å²) >= 11 is 0. The number of benzene rings is 1. The molecule has 1 atom stereocenters. The molecule has 3 heterocycles. The summed E-state index contributed by atoms with van der Waals surface area (Å²) in [4.78, 5) is 6.74. The monoisotopic (exact) mass is 482 g/mol. The van der Waals surface area contributed by atoms with E-state index in [1.807, 2.05) is 7.05 Å². The minimum atomic E-state index is 0. The summed E-state index contributed by atoms with van der Waals surface area (Å²) in [7, 11) is 1.83. The van der Waals surface area contributed by atoms with E-state index in [4.69, 9.17) is 4.74 Å². The number of aromatic nitrogens is 3. The number of nitrogens with zero attached hydrogens (tertiary/aromatic N) is 5. The van der Waals surface area contributed by atoms with Crippen molar-refractivity contribution in [1.29, 1.82) is 0 Å². The van der Waals surface area contributed by atoms with Crippen LogP contribution in [0.4, 0.5) is 0 Å². The molecule has 0 aliphatic carbocycles. The van der Waals surface area contributed by atoms with Gasteiger partial charge in [-0.3, -0.25) is 4.99 Å². The molecule has 0 spiro atoms. The highest BCUT2D eigenvalue weighted by atomic mass is 127. The molecule has 1 N–H and O–H groups in total. The fourth-order valence-corrected chi connectivity index (χ4v) is 3.81. The molecule has 0 saturated carbocycles. The highest BCUT2D eigenvalue weighted by Gasteiger charge is 2.25. The van der Waals surface area contributed by atoms with Crippen LogP contribution in [-0.2, 0) is 24.2 Å². The number of ether oxygens (including phenoxy) is 1. The van der Waals surface area contributed by atoms with Crippen LogP contribution in [0, 0.1) is 6.92 Å². The average Bonchev–Trinajstić information content (AvgIpc) is 3.27. The maximum Gasteiger partial charge on any atom is 0.194 e. The number of halogens is 1. The standard InChI is InChI=1S/C19H26N6O.HI/c1-14-6-3-4-7-15(14)16-13-24(10-11-26-16)19(20-2)21-12-18-23-22-17-8-5-9-25(17)18;/h3-4,6-7,16H,5,8-13H2,1-2H3,(H,20,21);1H. The predicted octanol–water partition coefficient (Wildman–Crippen LogP) is 2.30. The fraction of sp³-hybridized carbons (Fsp3) is 0.526. The number of rotatable bonds is 3. The molecule has 0 amide bonds. The van der Waals surface area contributed by atoms with E-state index in [-0.39, 0.29) is 30.1 Å². The number of nitrogens with one attached hydrogen (secondary N) is 1. The van der Waals surface area contributed by atoms with E-state index < -0.39 is 0 Å². The van der Waals surface area contributed by atoms with Crippen LogP contribution in [0.5, 0.6) is 0 Å². The summed E-state index contributed by atoms with van der Waals surface area (Å²) in [5, 5.41) is 12.0. The Bertz CT molecular complexity index is 805. The van der Waals surface area contributed by atoms with Crippen molar-refractivity contribution in [3.63, 3.8) is 0 Å². The van der Waals surface area contributed by atoms with Gasteiger partial charge in [0.1, 0.15) is 11.9 Å². The van der Waals surface area contributed by atoms with Crippen LogP contribution < -0.4 is 5.32 Å². The first-order valence-electron chi connectivity index (χ1n) is 9.30. The average molecular weight is 482 g/mol. The normalized spacial score (nSPS) is 19.6. The van der Waals surface area contributed by atoms with Crippen molar-refractivity contribution >= 4 is 29.9 Å². The Morgan fingerprint density at radius 1 is 1.30 bits per heavy atom. The summed E-state index contributed by atoms with van der Waals surface area (Å²) in [6, 6.07) is 8.43. The molecule has 0 bridgehead atoms. The zero-order chi connectivity index (χ0) is 17.9. The largest absolute Gasteiger partial charge is 0.370 e. The van der Waals surface area contributed by atoms with Crippen LogP contribution >= 0.6 is 24.0 Å². The van der Waals surface area contributed by atoms with Gasteiger partial charge in [0, 0.05) is 26.6 Å². The number of aliphatic imine (C=N–C) groups is 1. The summed E-state index contributed by atoms with van der Waals surface area (Å²) in [5.41, 5.74) is 2.52. The van der Waals surface area contributed by atoms with E-state index in [1.54, 1.807) is 0 Å². The Hall–Kier alpha value is -1.68. The Labute approximate surface area is 177 Å². The maximum atomic E-state index is 6.03. The van der Waals surface area contributed by atoms with Crippen molar-refractivity contribution in [3.05, 3.63) is 47.0 Å². The summed E-state index contributed by atoms with van der Waals surface area (Å²) in [5.74, 6) is 2.98. The van der Waals surface area contributed by atoms with Crippen LogP contribution in [0.25, 0.3) is 0 Å². The third kappa shape index (κ3) is 4.26. The summed E-state index contributed by atoms with van der Waals surface area (Å²) in [6.45, 7) is 6.12. The number of hydrogen-bond donors (Lipinski definition) is 1. The third-order valence-electron chi connectivity index (χ3n) is 5.20. The molecule has 1 unspecified atom stereocenters. The third-order valence-corrected chi connectivity index (χ3v) is 5.20. The van der Waals surface area contributed by atoms with Crippen LogP contribution in [-0.4, -0.2) is 52.4 Å². The Morgan fingerprint density at radius 2 is 2.15 bits per heavy atom. The Kier molecular flexibility index (Phi) is 6.69. The molecule has 27 heavy (non-hydrogen) atoms. The van der Waals surface area contributed by atoms with Gasteiger partial charge in [0.2, 0.25) is 0 Å². The van der Waals surface area contributed by atoms with Gasteiger partial charge in [-0.2, -0.15) is 0 Å². The molecule has 4 rings (SSSR count). The van der Waals surface area contributed by atoms with E-state index in [1.165, 1.54) is 11.1 Å². The lowest BCUT2D eigenvalue weighted by Gasteiger charge is -2.35. The lowest BCUT2D eigenvalue weighted by Crippen LogP contribution is -2.48. The van der Waals surface area contributed by atoms with Crippen molar-refractivity contribution in [2.45, 2.75) is 39.0 Å². The van der Waals surface area contributed by atoms with E-state index in [9.17, 15) is 0 Å². The lowest BCUT2D eigenvalue weighted by atomic mass is 10.0. The first kappa shape index (κ1) is 20.1. The van der Waals surface area contributed by atoms with Gasteiger partial charge >= 0.3 is 0 Å². The van der Waals surface area contributed by atoms with Gasteiger partial charge in [0.15, 0.2) is 11.8 Å². The maximum absolute atomic E-state index is 6.03. The van der Waals surface area contributed by atoms with E-state index in [0.717, 1.165) is 50.1 Å². The van der Waals surface area contributed by atoms with Crippen LogP contribution in [0.15, 0.2) is 29.3 Å². The predicted molar refractivity (Wildman–Crippen MR) is 115 cm³/mol. The topological polar surface area (TPSA) is 67.6 Å². The Morgan fingerprint density at radius 3 is 2.96 bits per heavy atom. The molecule has 1 saturated heterocycles. The highest BCUT2D eigenvalue weighted by Crippen LogP contribution is 2.25. The second-order valence-corrected chi connectivity index (χ2v) is 6.85. The van der Waals surface area contributed by atoms with Gasteiger partial charge < -0.3 is 19.5 Å². The van der Waals surface area contributed by atoms with Gasteiger partial charge in [0.05, 0.1) is 19.7 Å². The van der Waals surface area contributed by atoms with Gasteiger partial charge in [0.25, 0.3) is 0 Å². The van der Waals surface area contributed by atoms with Crippen LogP contribution in [0.3, 0.4) is 0 Å². The highest BCUT2D eigenvalue weighted by molar-refractivity contribution is 14.0. The molecule has 8 heteroatoms. The second kappa shape index (κ2) is 9.01. The minimum Gasteiger partial charge on any atom is -0.370 e. The smallest absolute Gasteiger partial charge is 0.194 e. The van der Waals surface area contributed by atoms with Crippen molar-refractivity contribution in [1.82, 2.24) is 25.0 Å². The number of fused-ring (bicyclic) bond motifs is 1. The van der Waals surface area contributed by atoms with E-state index >= 15 is 0 Å². The molecule has 1 fully saturated rings. The fourth-order valence-electron chi connectivity index (χ4n) is 3.81. The minimum absolute atomic E-state index is 0. The van der Waals surface area contributed by atoms with Crippen molar-refractivity contribution in [3.8, 4) is 0 Å². The number of hydrogen-bond acceptors (Lipinski definition) is 4. The van der Waals surface area contributed by atoms with Crippen molar-refractivity contribution < 1.29 is 4.74 Å². The lowest BCUT2D eigenvalue weighted by molar-refractivity contribution is -0.00835. The Balaban J connectivity index is 0.00000210. The first-order chi connectivity index (χ1) is 12.8. The number of guanidine groups is 1. The van der Waals surface area contributed by atoms with Crippen LogP contribution in [0.2, 0.25) is 0 Å². The van der Waals surface area contributed by atoms with Crippen molar-refractivity contribution in [2.24, 2.45) is 4.99 Å². The molecule has 2 aromatic rings. The number of morpholine rings is 1. The molecule has 1 aromatic heterocycles. The van der Waals surface area contributed by atoms with Gasteiger partial charge in [-0.1, -0.05) is 24.3 Å². The van der Waals surface area contributed by atoms with E-state index in [2.05, 4.69) is 61.2 Å². The molecular formula is C19H27IN6O. The zero-order valence-corrected chi connectivity index (χ0v) is 18.2. The summed E-state index contributed by atoms with van der Waals surface area (Å²) < 4.78 is 8.25. The molecule has 2 aliphatic rings.